The molecule has 3 nitrogen and oxygen atoms in total. The van der Waals surface area contributed by atoms with Gasteiger partial charge in [-0.2, -0.15) is 0 Å². The number of rotatable bonds is 4. The molecule has 0 saturated carbocycles. The molecule has 0 fully saturated rings. The van der Waals surface area contributed by atoms with Crippen molar-refractivity contribution in [3.05, 3.63) is 29.8 Å². The minimum atomic E-state index is 0.801. The fourth-order valence-electron chi connectivity index (χ4n) is 0.951. The van der Waals surface area contributed by atoms with Gasteiger partial charge in [-0.3, -0.25) is 16.4 Å². The van der Waals surface area contributed by atoms with Crippen molar-refractivity contribution in [3.63, 3.8) is 0 Å². The predicted molar refractivity (Wildman–Crippen MR) is 52.4 cm³/mol. The lowest BCUT2D eigenvalue weighted by atomic mass is 10.2. The summed E-state index contributed by atoms with van der Waals surface area (Å²) in [6, 6.07) is 8.14. The molecule has 5 N–H and O–H groups in total. The number of hydrogen-bond acceptors (Lipinski definition) is 4. The Morgan fingerprint density at radius 1 is 1.25 bits per heavy atom. The molecule has 1 rings (SSSR count). The SMILES string of the molecule is NNCCc1ccc(SN)cc1. The summed E-state index contributed by atoms with van der Waals surface area (Å²) in [5, 5.41) is 5.38. The van der Waals surface area contributed by atoms with E-state index in [4.69, 9.17) is 11.0 Å². The molecule has 0 bridgehead atoms. The molecule has 0 aliphatic heterocycles. The van der Waals surface area contributed by atoms with E-state index in [9.17, 15) is 0 Å². The molecule has 0 amide bonds. The summed E-state index contributed by atoms with van der Waals surface area (Å²) < 4.78 is 0. The molecule has 0 radical (unpaired) electrons. The van der Waals surface area contributed by atoms with Gasteiger partial charge < -0.3 is 0 Å². The molecule has 1 aromatic carbocycles. The average molecular weight is 183 g/mol. The largest absolute Gasteiger partial charge is 0.274 e. The number of nitrogens with two attached hydrogens (primary N) is 2. The Hall–Kier alpha value is -0.550. The molecule has 1 aromatic rings. The third-order valence-corrected chi connectivity index (χ3v) is 2.16. The van der Waals surface area contributed by atoms with Gasteiger partial charge in [0.25, 0.3) is 0 Å². The van der Waals surface area contributed by atoms with Gasteiger partial charge >= 0.3 is 0 Å². The summed E-state index contributed by atoms with van der Waals surface area (Å²) in [4.78, 5) is 1.08. The molecule has 12 heavy (non-hydrogen) atoms. The smallest absolute Gasteiger partial charge is 0.0226 e. The van der Waals surface area contributed by atoms with Crippen LogP contribution in [0.5, 0.6) is 0 Å². The fourth-order valence-corrected chi connectivity index (χ4v) is 1.24. The van der Waals surface area contributed by atoms with Crippen LogP contribution in [0.15, 0.2) is 29.2 Å². The molecular weight excluding hydrogens is 170 g/mol. The molecule has 0 aliphatic rings. The molecular formula is C8H13N3S. The first-order valence-corrected chi connectivity index (χ1v) is 4.64. The Morgan fingerprint density at radius 3 is 2.42 bits per heavy atom. The highest BCUT2D eigenvalue weighted by Crippen LogP contribution is 2.12. The summed E-state index contributed by atoms with van der Waals surface area (Å²) in [5.74, 6) is 5.16. The zero-order valence-electron chi connectivity index (χ0n) is 6.79. The monoisotopic (exact) mass is 183 g/mol. The lowest BCUT2D eigenvalue weighted by Crippen LogP contribution is -2.24. The van der Waals surface area contributed by atoms with Crippen LogP contribution in [0.1, 0.15) is 5.56 Å². The molecule has 0 spiro atoms. The summed E-state index contributed by atoms with van der Waals surface area (Å²) in [7, 11) is 0. The first-order valence-electron chi connectivity index (χ1n) is 3.76. The Labute approximate surface area is 76.6 Å². The van der Waals surface area contributed by atoms with Crippen molar-refractivity contribution >= 4 is 11.9 Å². The van der Waals surface area contributed by atoms with E-state index in [0.717, 1.165) is 17.9 Å². The topological polar surface area (TPSA) is 64.1 Å². The quantitative estimate of drug-likeness (QED) is 0.364. The molecule has 0 saturated heterocycles. The zero-order valence-corrected chi connectivity index (χ0v) is 7.60. The summed E-state index contributed by atoms with van der Waals surface area (Å²) >= 11 is 1.26. The first-order chi connectivity index (χ1) is 5.86. The number of hydrazine groups is 1. The van der Waals surface area contributed by atoms with Gasteiger partial charge in [-0.05, 0) is 36.1 Å². The molecule has 4 heteroatoms. The standard InChI is InChI=1S/C8H13N3S/c9-11-6-5-7-1-3-8(12-10)4-2-7/h1-4,11H,5-6,9-10H2. The van der Waals surface area contributed by atoms with Crippen molar-refractivity contribution in [3.8, 4) is 0 Å². The minimum Gasteiger partial charge on any atom is -0.274 e. The average Bonchev–Trinajstić information content (AvgIpc) is 2.15. The second-order valence-corrected chi connectivity index (χ2v) is 3.17. The van der Waals surface area contributed by atoms with E-state index in [2.05, 4.69) is 17.6 Å². The third kappa shape index (κ3) is 2.83. The Bertz CT molecular complexity index is 222. The van der Waals surface area contributed by atoms with Gasteiger partial charge in [0.2, 0.25) is 0 Å². The van der Waals surface area contributed by atoms with E-state index in [-0.39, 0.29) is 0 Å². The van der Waals surface area contributed by atoms with E-state index in [0.29, 0.717) is 0 Å². The maximum atomic E-state index is 5.38. The predicted octanol–water partition coefficient (Wildman–Crippen LogP) is 0.658. The van der Waals surface area contributed by atoms with Crippen LogP contribution in [-0.4, -0.2) is 6.54 Å². The zero-order chi connectivity index (χ0) is 8.81. The van der Waals surface area contributed by atoms with E-state index < -0.39 is 0 Å². The van der Waals surface area contributed by atoms with Crippen LogP contribution in [0.25, 0.3) is 0 Å². The second kappa shape index (κ2) is 5.16. The normalized spacial score (nSPS) is 10.2. The summed E-state index contributed by atoms with van der Waals surface area (Å²) in [6.07, 6.45) is 0.950. The van der Waals surface area contributed by atoms with Gasteiger partial charge in [-0.25, -0.2) is 0 Å². The second-order valence-electron chi connectivity index (χ2n) is 2.47. The Morgan fingerprint density at radius 2 is 1.92 bits per heavy atom. The van der Waals surface area contributed by atoms with Gasteiger partial charge in [0.15, 0.2) is 0 Å². The molecule has 0 aromatic heterocycles. The highest BCUT2D eigenvalue weighted by Gasteiger charge is 1.92. The van der Waals surface area contributed by atoms with Crippen molar-refractivity contribution in [2.75, 3.05) is 6.54 Å². The van der Waals surface area contributed by atoms with Crippen LogP contribution >= 0.6 is 11.9 Å². The minimum absolute atomic E-state index is 0.801. The number of hydrogen-bond donors (Lipinski definition) is 3. The van der Waals surface area contributed by atoms with Crippen LogP contribution in [0.3, 0.4) is 0 Å². The lowest BCUT2D eigenvalue weighted by molar-refractivity contribution is 0.728. The van der Waals surface area contributed by atoms with Crippen LogP contribution in [0, 0.1) is 0 Å². The highest BCUT2D eigenvalue weighted by atomic mass is 32.2. The van der Waals surface area contributed by atoms with Crippen molar-refractivity contribution < 1.29 is 0 Å². The third-order valence-electron chi connectivity index (χ3n) is 1.62. The van der Waals surface area contributed by atoms with E-state index in [1.165, 1.54) is 17.5 Å². The van der Waals surface area contributed by atoms with Crippen molar-refractivity contribution in [2.24, 2.45) is 11.0 Å². The van der Waals surface area contributed by atoms with E-state index >= 15 is 0 Å². The van der Waals surface area contributed by atoms with Gasteiger partial charge in [-0.1, -0.05) is 12.1 Å². The lowest BCUT2D eigenvalue weighted by Gasteiger charge is -2.01. The Kier molecular flexibility index (Phi) is 4.10. The van der Waals surface area contributed by atoms with Gasteiger partial charge in [0.05, 0.1) is 0 Å². The van der Waals surface area contributed by atoms with Gasteiger partial charge in [0.1, 0.15) is 0 Å². The fraction of sp³-hybridized carbons (Fsp3) is 0.250. The molecule has 0 atom stereocenters. The summed E-state index contributed by atoms with van der Waals surface area (Å²) in [5.41, 5.74) is 3.88. The number of benzene rings is 1. The van der Waals surface area contributed by atoms with Crippen LogP contribution < -0.4 is 16.4 Å². The molecule has 0 heterocycles. The van der Waals surface area contributed by atoms with Gasteiger partial charge in [-0.15, -0.1) is 0 Å². The maximum absolute atomic E-state index is 5.38. The van der Waals surface area contributed by atoms with E-state index in [1.54, 1.807) is 0 Å². The molecule has 0 aliphatic carbocycles. The molecule has 66 valence electrons. The maximum Gasteiger partial charge on any atom is 0.0226 e. The summed E-state index contributed by atoms with van der Waals surface area (Å²) in [6.45, 7) is 0.801. The highest BCUT2D eigenvalue weighted by molar-refractivity contribution is 7.97. The first kappa shape index (κ1) is 9.54. The molecule has 0 unspecified atom stereocenters. The van der Waals surface area contributed by atoms with Crippen LogP contribution in [-0.2, 0) is 6.42 Å². The van der Waals surface area contributed by atoms with E-state index in [1.807, 2.05) is 12.1 Å². The Balaban J connectivity index is 2.53. The van der Waals surface area contributed by atoms with Crippen LogP contribution in [0.2, 0.25) is 0 Å². The van der Waals surface area contributed by atoms with Crippen LogP contribution in [0.4, 0.5) is 0 Å². The van der Waals surface area contributed by atoms with Crippen molar-refractivity contribution in [1.29, 1.82) is 0 Å². The number of nitrogens with one attached hydrogen (secondary N) is 1. The van der Waals surface area contributed by atoms with Crippen molar-refractivity contribution in [1.82, 2.24) is 5.43 Å². The van der Waals surface area contributed by atoms with Gasteiger partial charge in [0, 0.05) is 11.4 Å². The van der Waals surface area contributed by atoms with Crippen molar-refractivity contribution in [2.45, 2.75) is 11.3 Å².